The standard InChI is InChI=1S/C30H22BrN/c31-25-12-7-13-26(20-25)32-29-16-14-23(21-8-3-1-4-9-21)18-27(29)28-19-24(15-17-30(28)32)22-10-5-2-6-11-22/h1-6,8-12,14-20H,7,13H2. The highest BCUT2D eigenvalue weighted by atomic mass is 79.9. The Morgan fingerprint density at radius 2 is 1.12 bits per heavy atom. The Morgan fingerprint density at radius 1 is 0.594 bits per heavy atom. The van der Waals surface area contributed by atoms with E-state index in [1.165, 1.54) is 49.8 Å². The van der Waals surface area contributed by atoms with E-state index < -0.39 is 0 Å². The van der Waals surface area contributed by atoms with Crippen molar-refractivity contribution < 1.29 is 0 Å². The van der Waals surface area contributed by atoms with Gasteiger partial charge in [-0.05, 0) is 65.4 Å². The number of allylic oxidation sites excluding steroid dienone is 4. The zero-order valence-corrected chi connectivity index (χ0v) is 19.2. The van der Waals surface area contributed by atoms with Crippen LogP contribution in [-0.4, -0.2) is 4.57 Å². The van der Waals surface area contributed by atoms with Gasteiger partial charge in [-0.3, -0.25) is 0 Å². The van der Waals surface area contributed by atoms with Crippen LogP contribution in [0.1, 0.15) is 12.8 Å². The summed E-state index contributed by atoms with van der Waals surface area (Å²) in [4.78, 5) is 0. The van der Waals surface area contributed by atoms with E-state index in [1.807, 2.05) is 0 Å². The molecule has 2 heteroatoms. The number of hydrogen-bond acceptors (Lipinski definition) is 0. The number of nitrogens with zero attached hydrogens (tertiary/aromatic N) is 1. The molecule has 0 amide bonds. The van der Waals surface area contributed by atoms with Crippen LogP contribution in [0.25, 0.3) is 49.8 Å². The molecule has 0 N–H and O–H groups in total. The highest BCUT2D eigenvalue weighted by Gasteiger charge is 2.17. The highest BCUT2D eigenvalue weighted by Crippen LogP contribution is 2.39. The molecule has 0 fully saturated rings. The van der Waals surface area contributed by atoms with Crippen molar-refractivity contribution in [2.24, 2.45) is 0 Å². The quantitative estimate of drug-likeness (QED) is 0.245. The summed E-state index contributed by atoms with van der Waals surface area (Å²) < 4.78 is 3.61. The molecule has 0 unspecified atom stereocenters. The number of halogens is 1. The third kappa shape index (κ3) is 3.32. The average molecular weight is 476 g/mol. The van der Waals surface area contributed by atoms with Gasteiger partial charge in [-0.1, -0.05) is 94.8 Å². The summed E-state index contributed by atoms with van der Waals surface area (Å²) in [5, 5.41) is 2.59. The molecule has 0 saturated heterocycles. The van der Waals surface area contributed by atoms with Crippen molar-refractivity contribution in [1.82, 2.24) is 4.57 Å². The van der Waals surface area contributed by atoms with Crippen LogP contribution >= 0.6 is 15.9 Å². The number of hydrogen-bond donors (Lipinski definition) is 0. The minimum atomic E-state index is 1.04. The first-order valence-corrected chi connectivity index (χ1v) is 11.8. The molecular weight excluding hydrogens is 454 g/mol. The fraction of sp³-hybridized carbons (Fsp3) is 0.0667. The maximum Gasteiger partial charge on any atom is 0.0538 e. The van der Waals surface area contributed by atoms with Gasteiger partial charge >= 0.3 is 0 Å². The van der Waals surface area contributed by atoms with Gasteiger partial charge in [0.1, 0.15) is 0 Å². The second-order valence-corrected chi connectivity index (χ2v) is 9.21. The molecule has 5 aromatic rings. The predicted molar refractivity (Wildman–Crippen MR) is 141 cm³/mol. The molecule has 0 atom stereocenters. The largest absolute Gasteiger partial charge is 0.313 e. The van der Waals surface area contributed by atoms with Gasteiger partial charge in [0.15, 0.2) is 0 Å². The Balaban J connectivity index is 1.65. The third-order valence-electron chi connectivity index (χ3n) is 6.31. The lowest BCUT2D eigenvalue weighted by atomic mass is 10.0. The first kappa shape index (κ1) is 19.3. The van der Waals surface area contributed by atoms with E-state index in [0.717, 1.165) is 17.3 Å². The molecule has 4 aromatic carbocycles. The van der Waals surface area contributed by atoms with Crippen LogP contribution in [0, 0.1) is 0 Å². The lowest BCUT2D eigenvalue weighted by molar-refractivity contribution is 0.977. The van der Waals surface area contributed by atoms with E-state index >= 15 is 0 Å². The van der Waals surface area contributed by atoms with Crippen molar-refractivity contribution in [2.75, 3.05) is 0 Å². The summed E-state index contributed by atoms with van der Waals surface area (Å²) in [6, 6.07) is 35.1. The predicted octanol–water partition coefficient (Wildman–Crippen LogP) is 9.04. The van der Waals surface area contributed by atoms with E-state index in [4.69, 9.17) is 0 Å². The Morgan fingerprint density at radius 3 is 1.62 bits per heavy atom. The first-order chi connectivity index (χ1) is 15.8. The number of aromatic nitrogens is 1. The average Bonchev–Trinajstić information content (AvgIpc) is 3.18. The minimum absolute atomic E-state index is 1.04. The van der Waals surface area contributed by atoms with Gasteiger partial charge in [-0.15, -0.1) is 0 Å². The van der Waals surface area contributed by atoms with E-state index in [9.17, 15) is 0 Å². The molecule has 1 aliphatic rings. The molecule has 1 aliphatic carbocycles. The lowest BCUT2D eigenvalue weighted by Crippen LogP contribution is -1.99. The Bertz CT molecular complexity index is 1410. The highest BCUT2D eigenvalue weighted by molar-refractivity contribution is 9.11. The SMILES string of the molecule is BrC1=CCCC(n2c3ccc(-c4ccccc4)cc3c3cc(-c4ccccc4)ccc32)=C1. The monoisotopic (exact) mass is 475 g/mol. The molecule has 32 heavy (non-hydrogen) atoms. The maximum absolute atomic E-state index is 3.70. The van der Waals surface area contributed by atoms with E-state index in [0.29, 0.717) is 0 Å². The normalized spacial score (nSPS) is 13.9. The Labute approximate surface area is 196 Å². The van der Waals surface area contributed by atoms with Gasteiger partial charge in [0.05, 0.1) is 11.0 Å². The lowest BCUT2D eigenvalue weighted by Gasteiger charge is -2.15. The van der Waals surface area contributed by atoms with E-state index in [-0.39, 0.29) is 0 Å². The van der Waals surface area contributed by atoms with Crippen molar-refractivity contribution >= 4 is 43.4 Å². The van der Waals surface area contributed by atoms with Crippen LogP contribution in [0.15, 0.2) is 114 Å². The Hall–Kier alpha value is -3.36. The topological polar surface area (TPSA) is 4.93 Å². The fourth-order valence-electron chi connectivity index (χ4n) is 4.78. The number of rotatable bonds is 3. The van der Waals surface area contributed by atoms with Gasteiger partial charge in [0.25, 0.3) is 0 Å². The number of fused-ring (bicyclic) bond motifs is 3. The molecule has 1 aromatic heterocycles. The van der Waals surface area contributed by atoms with Gasteiger partial charge in [0, 0.05) is 21.0 Å². The van der Waals surface area contributed by atoms with Crippen LogP contribution in [0.3, 0.4) is 0 Å². The molecule has 0 spiro atoms. The molecule has 154 valence electrons. The van der Waals surface area contributed by atoms with Crippen LogP contribution < -0.4 is 0 Å². The smallest absolute Gasteiger partial charge is 0.0538 e. The van der Waals surface area contributed by atoms with Gasteiger partial charge in [0.2, 0.25) is 0 Å². The van der Waals surface area contributed by atoms with Crippen molar-refractivity contribution in [3.8, 4) is 22.3 Å². The molecular formula is C30H22BrN. The van der Waals surface area contributed by atoms with E-state index in [2.05, 4.69) is 130 Å². The minimum Gasteiger partial charge on any atom is -0.313 e. The van der Waals surface area contributed by atoms with Crippen molar-refractivity contribution in [1.29, 1.82) is 0 Å². The molecule has 0 radical (unpaired) electrons. The van der Waals surface area contributed by atoms with Crippen LogP contribution in [0.4, 0.5) is 0 Å². The second kappa shape index (κ2) is 7.96. The fourth-order valence-corrected chi connectivity index (χ4v) is 5.27. The van der Waals surface area contributed by atoms with Crippen molar-refractivity contribution in [3.05, 3.63) is 114 Å². The second-order valence-electron chi connectivity index (χ2n) is 8.29. The first-order valence-electron chi connectivity index (χ1n) is 11.0. The summed E-state index contributed by atoms with van der Waals surface area (Å²) >= 11 is 3.70. The van der Waals surface area contributed by atoms with E-state index in [1.54, 1.807) is 0 Å². The van der Waals surface area contributed by atoms with Crippen LogP contribution in [-0.2, 0) is 0 Å². The summed E-state index contributed by atoms with van der Waals surface area (Å²) in [6.07, 6.45) is 6.60. The summed E-state index contributed by atoms with van der Waals surface area (Å²) in [5.74, 6) is 0. The molecule has 0 bridgehead atoms. The third-order valence-corrected chi connectivity index (χ3v) is 6.86. The van der Waals surface area contributed by atoms with Crippen LogP contribution in [0.5, 0.6) is 0 Å². The molecule has 1 nitrogen and oxygen atoms in total. The molecule has 0 saturated carbocycles. The zero-order valence-electron chi connectivity index (χ0n) is 17.6. The van der Waals surface area contributed by atoms with Crippen LogP contribution in [0.2, 0.25) is 0 Å². The van der Waals surface area contributed by atoms with Crippen molar-refractivity contribution in [3.63, 3.8) is 0 Å². The molecule has 6 rings (SSSR count). The zero-order chi connectivity index (χ0) is 21.5. The number of benzene rings is 4. The summed E-state index contributed by atoms with van der Waals surface area (Å²) in [5.41, 5.74) is 8.85. The Kier molecular flexibility index (Phi) is 4.81. The molecule has 1 heterocycles. The van der Waals surface area contributed by atoms with Gasteiger partial charge in [-0.25, -0.2) is 0 Å². The summed E-state index contributed by atoms with van der Waals surface area (Å²) in [6.45, 7) is 0. The van der Waals surface area contributed by atoms with Gasteiger partial charge in [-0.2, -0.15) is 0 Å². The summed E-state index contributed by atoms with van der Waals surface area (Å²) in [7, 11) is 0. The van der Waals surface area contributed by atoms with Crippen molar-refractivity contribution in [2.45, 2.75) is 12.8 Å². The molecule has 0 aliphatic heterocycles. The maximum atomic E-state index is 3.70. The van der Waals surface area contributed by atoms with Gasteiger partial charge < -0.3 is 4.57 Å².